The van der Waals surface area contributed by atoms with Crippen LogP contribution in [0.3, 0.4) is 0 Å². The predicted octanol–water partition coefficient (Wildman–Crippen LogP) is 5.16. The molecule has 0 aliphatic rings. The summed E-state index contributed by atoms with van der Waals surface area (Å²) in [6, 6.07) is 21.1. The third kappa shape index (κ3) is 4.22. The summed E-state index contributed by atoms with van der Waals surface area (Å²) in [7, 11) is 3.11. The van der Waals surface area contributed by atoms with Crippen LogP contribution < -0.4 is 14.8 Å². The first-order chi connectivity index (χ1) is 14.2. The normalized spacial score (nSPS) is 10.7. The molecule has 0 unspecified atom stereocenters. The quantitative estimate of drug-likeness (QED) is 0.482. The summed E-state index contributed by atoms with van der Waals surface area (Å²) in [5.41, 5.74) is 3.42. The molecule has 5 nitrogen and oxygen atoms in total. The highest BCUT2D eigenvalue weighted by Crippen LogP contribution is 2.28. The summed E-state index contributed by atoms with van der Waals surface area (Å²) in [6.45, 7) is 0. The third-order valence-corrected chi connectivity index (χ3v) is 5.59. The summed E-state index contributed by atoms with van der Waals surface area (Å²) < 4.78 is 11.7. The number of fused-ring (bicyclic) bond motifs is 1. The van der Waals surface area contributed by atoms with E-state index in [4.69, 9.17) is 9.47 Å². The van der Waals surface area contributed by atoms with Crippen LogP contribution in [0, 0.1) is 0 Å². The molecule has 0 aliphatic carbocycles. The number of nitrogens with one attached hydrogen (secondary N) is 1. The molecule has 4 rings (SSSR count). The Kier molecular flexibility index (Phi) is 5.44. The first-order valence-electron chi connectivity index (χ1n) is 9.13. The van der Waals surface area contributed by atoms with Crippen molar-refractivity contribution in [3.05, 3.63) is 82.9 Å². The first-order valence-corrected chi connectivity index (χ1v) is 9.94. The summed E-state index contributed by atoms with van der Waals surface area (Å²) in [5.74, 6) is 0.902. The minimum Gasteiger partial charge on any atom is -0.493 e. The van der Waals surface area contributed by atoms with Crippen LogP contribution in [-0.4, -0.2) is 25.1 Å². The van der Waals surface area contributed by atoms with Gasteiger partial charge in [-0.3, -0.25) is 4.79 Å². The summed E-state index contributed by atoms with van der Waals surface area (Å²) in [5, 5.41) is 3.99. The maximum absolute atomic E-state index is 12.5. The van der Waals surface area contributed by atoms with Gasteiger partial charge in [0, 0.05) is 17.7 Å². The molecule has 0 saturated carbocycles. The number of methoxy groups -OCH3 is 2. The smallest absolute Gasteiger partial charge is 0.255 e. The molecule has 0 bridgehead atoms. The van der Waals surface area contributed by atoms with Gasteiger partial charge in [-0.2, -0.15) is 0 Å². The lowest BCUT2D eigenvalue weighted by atomic mass is 10.1. The fourth-order valence-electron chi connectivity index (χ4n) is 3.06. The first kappa shape index (κ1) is 19.0. The second-order valence-electron chi connectivity index (χ2n) is 6.47. The number of carbonyl (C=O) groups is 1. The van der Waals surface area contributed by atoms with Crippen LogP contribution in [0.25, 0.3) is 10.2 Å². The highest BCUT2D eigenvalue weighted by atomic mass is 32.1. The third-order valence-electron chi connectivity index (χ3n) is 4.55. The molecule has 0 aliphatic heterocycles. The SMILES string of the molecule is COc1ccc(C(=O)Nc2ccc(Cc3nc4ccccc4s3)cc2)cc1OC. The summed E-state index contributed by atoms with van der Waals surface area (Å²) in [6.07, 6.45) is 0.767. The number of benzene rings is 3. The molecule has 146 valence electrons. The second kappa shape index (κ2) is 8.32. The Bertz CT molecular complexity index is 1120. The second-order valence-corrected chi connectivity index (χ2v) is 7.59. The molecule has 1 N–H and O–H groups in total. The molecule has 3 aromatic carbocycles. The lowest BCUT2D eigenvalue weighted by Gasteiger charge is -2.10. The lowest BCUT2D eigenvalue weighted by Crippen LogP contribution is -2.12. The molecule has 0 fully saturated rings. The van der Waals surface area contributed by atoms with Gasteiger partial charge >= 0.3 is 0 Å². The number of nitrogens with zero attached hydrogens (tertiary/aromatic N) is 1. The molecule has 6 heteroatoms. The Morgan fingerprint density at radius 1 is 0.966 bits per heavy atom. The lowest BCUT2D eigenvalue weighted by molar-refractivity contribution is 0.102. The molecular weight excluding hydrogens is 384 g/mol. The number of ether oxygens (including phenoxy) is 2. The fourth-order valence-corrected chi connectivity index (χ4v) is 4.06. The number of carbonyl (C=O) groups excluding carboxylic acids is 1. The highest BCUT2D eigenvalue weighted by molar-refractivity contribution is 7.18. The number of para-hydroxylation sites is 1. The van der Waals surface area contributed by atoms with Crippen molar-refractivity contribution in [2.24, 2.45) is 0 Å². The maximum atomic E-state index is 12.5. The van der Waals surface area contributed by atoms with Gasteiger partial charge in [0.25, 0.3) is 5.91 Å². The van der Waals surface area contributed by atoms with E-state index in [1.165, 1.54) is 4.70 Å². The van der Waals surface area contributed by atoms with Gasteiger partial charge in [0.15, 0.2) is 11.5 Å². The van der Waals surface area contributed by atoms with E-state index in [1.807, 2.05) is 42.5 Å². The molecule has 29 heavy (non-hydrogen) atoms. The number of thiazole rings is 1. The number of hydrogen-bond donors (Lipinski definition) is 1. The molecule has 1 amide bonds. The number of amides is 1. The topological polar surface area (TPSA) is 60.5 Å². The van der Waals surface area contributed by atoms with Crippen molar-refractivity contribution in [3.63, 3.8) is 0 Å². The van der Waals surface area contributed by atoms with Gasteiger partial charge < -0.3 is 14.8 Å². The Balaban J connectivity index is 1.44. The van der Waals surface area contributed by atoms with Crippen molar-refractivity contribution < 1.29 is 14.3 Å². The average molecular weight is 404 g/mol. The van der Waals surface area contributed by atoms with E-state index in [2.05, 4.69) is 16.4 Å². The Morgan fingerprint density at radius 3 is 2.45 bits per heavy atom. The minimum absolute atomic E-state index is 0.204. The molecule has 0 saturated heterocycles. The Hall–Kier alpha value is -3.38. The van der Waals surface area contributed by atoms with Gasteiger partial charge in [-0.15, -0.1) is 11.3 Å². The molecule has 0 radical (unpaired) electrons. The van der Waals surface area contributed by atoms with Gasteiger partial charge in [-0.1, -0.05) is 24.3 Å². The number of aromatic nitrogens is 1. The van der Waals surface area contributed by atoms with E-state index in [-0.39, 0.29) is 5.91 Å². The van der Waals surface area contributed by atoms with Crippen LogP contribution in [0.5, 0.6) is 11.5 Å². The largest absolute Gasteiger partial charge is 0.493 e. The maximum Gasteiger partial charge on any atom is 0.255 e. The molecule has 4 aromatic rings. The van der Waals surface area contributed by atoms with Crippen LogP contribution in [0.4, 0.5) is 5.69 Å². The van der Waals surface area contributed by atoms with E-state index in [0.717, 1.165) is 28.2 Å². The van der Waals surface area contributed by atoms with Gasteiger partial charge in [-0.05, 0) is 48.0 Å². The fraction of sp³-hybridized carbons (Fsp3) is 0.130. The average Bonchev–Trinajstić information content (AvgIpc) is 3.16. The summed E-state index contributed by atoms with van der Waals surface area (Å²) >= 11 is 1.71. The molecule has 1 heterocycles. The highest BCUT2D eigenvalue weighted by Gasteiger charge is 2.11. The van der Waals surface area contributed by atoms with Crippen LogP contribution in [0.1, 0.15) is 20.9 Å². The molecular formula is C23H20N2O3S. The zero-order valence-electron chi connectivity index (χ0n) is 16.1. The van der Waals surface area contributed by atoms with Crippen LogP contribution in [-0.2, 0) is 6.42 Å². The molecule has 0 spiro atoms. The monoisotopic (exact) mass is 404 g/mol. The standard InChI is InChI=1S/C23H20N2O3S/c1-27-19-12-9-16(14-20(19)28-2)23(26)24-17-10-7-15(8-11-17)13-22-25-18-5-3-4-6-21(18)29-22/h3-12,14H,13H2,1-2H3,(H,24,26). The zero-order chi connectivity index (χ0) is 20.2. The van der Waals surface area contributed by atoms with Crippen molar-refractivity contribution in [1.29, 1.82) is 0 Å². The van der Waals surface area contributed by atoms with E-state index in [0.29, 0.717) is 17.1 Å². The Labute approximate surface area is 172 Å². The molecule has 0 atom stereocenters. The van der Waals surface area contributed by atoms with E-state index in [9.17, 15) is 4.79 Å². The minimum atomic E-state index is -0.204. The van der Waals surface area contributed by atoms with Crippen LogP contribution in [0.15, 0.2) is 66.7 Å². The number of rotatable bonds is 6. The van der Waals surface area contributed by atoms with Crippen LogP contribution in [0.2, 0.25) is 0 Å². The zero-order valence-corrected chi connectivity index (χ0v) is 17.0. The van der Waals surface area contributed by atoms with Gasteiger partial charge in [0.1, 0.15) is 0 Å². The van der Waals surface area contributed by atoms with Crippen molar-refractivity contribution in [2.75, 3.05) is 19.5 Å². The number of anilines is 1. The van der Waals surface area contributed by atoms with E-state index in [1.54, 1.807) is 43.8 Å². The molecule has 1 aromatic heterocycles. The van der Waals surface area contributed by atoms with Crippen molar-refractivity contribution in [2.45, 2.75) is 6.42 Å². The van der Waals surface area contributed by atoms with Gasteiger partial charge in [0.2, 0.25) is 0 Å². The van der Waals surface area contributed by atoms with Gasteiger partial charge in [0.05, 0.1) is 29.4 Å². The number of hydrogen-bond acceptors (Lipinski definition) is 5. The van der Waals surface area contributed by atoms with Crippen molar-refractivity contribution in [1.82, 2.24) is 4.98 Å². The van der Waals surface area contributed by atoms with Crippen LogP contribution >= 0.6 is 11.3 Å². The van der Waals surface area contributed by atoms with E-state index >= 15 is 0 Å². The van der Waals surface area contributed by atoms with E-state index < -0.39 is 0 Å². The van der Waals surface area contributed by atoms with Crippen molar-refractivity contribution in [3.8, 4) is 11.5 Å². The van der Waals surface area contributed by atoms with Gasteiger partial charge in [-0.25, -0.2) is 4.98 Å². The van der Waals surface area contributed by atoms with Crippen molar-refractivity contribution >= 4 is 33.1 Å². The summed E-state index contributed by atoms with van der Waals surface area (Å²) in [4.78, 5) is 17.2. The Morgan fingerprint density at radius 2 is 1.72 bits per heavy atom. The predicted molar refractivity (Wildman–Crippen MR) is 116 cm³/mol.